The molecule has 0 aromatic heterocycles. The second kappa shape index (κ2) is 3.82. The summed E-state index contributed by atoms with van der Waals surface area (Å²) >= 11 is 0. The summed E-state index contributed by atoms with van der Waals surface area (Å²) in [6.07, 6.45) is 3.63. The lowest BCUT2D eigenvalue weighted by Crippen LogP contribution is -2.01. The number of Topliss-reactive ketones (excluding diaryl/α,β-unsaturated/α-hetero) is 1. The van der Waals surface area contributed by atoms with Crippen LogP contribution in [0.4, 0.5) is 0 Å². The number of hydrogen-bond acceptors (Lipinski definition) is 2. The van der Waals surface area contributed by atoms with Gasteiger partial charge in [-0.05, 0) is 37.0 Å². The highest BCUT2D eigenvalue weighted by molar-refractivity contribution is 5.83. The zero-order valence-electron chi connectivity index (χ0n) is 8.07. The predicted molar refractivity (Wildman–Crippen MR) is 54.2 cm³/mol. The van der Waals surface area contributed by atoms with Crippen LogP contribution in [0.3, 0.4) is 0 Å². The van der Waals surface area contributed by atoms with Crippen molar-refractivity contribution in [1.82, 2.24) is 0 Å². The first-order chi connectivity index (χ1) is 6.75. The van der Waals surface area contributed by atoms with Crippen LogP contribution in [-0.2, 0) is 11.2 Å². The Bertz CT molecular complexity index is 323. The van der Waals surface area contributed by atoms with Crippen molar-refractivity contribution in [3.63, 3.8) is 0 Å². The molecular weight excluding hydrogens is 176 g/mol. The van der Waals surface area contributed by atoms with Crippen LogP contribution in [0.5, 0.6) is 5.75 Å². The summed E-state index contributed by atoms with van der Waals surface area (Å²) < 4.78 is 0. The van der Waals surface area contributed by atoms with Crippen LogP contribution < -0.4 is 0 Å². The zero-order valence-corrected chi connectivity index (χ0v) is 8.07. The number of aryl methyl sites for hydroxylation is 1. The van der Waals surface area contributed by atoms with Crippen molar-refractivity contribution >= 4 is 5.78 Å². The number of phenolic OH excluding ortho intramolecular Hbond substituents is 1. The molecule has 2 rings (SSSR count). The minimum absolute atomic E-state index is 0.280. The summed E-state index contributed by atoms with van der Waals surface area (Å²) in [4.78, 5) is 11.4. The molecule has 0 unspecified atom stereocenters. The Balaban J connectivity index is 1.85. The average Bonchev–Trinajstić information content (AvgIpc) is 3.00. The van der Waals surface area contributed by atoms with Gasteiger partial charge in [0.2, 0.25) is 0 Å². The van der Waals surface area contributed by atoms with E-state index in [4.69, 9.17) is 5.11 Å². The van der Waals surface area contributed by atoms with Crippen LogP contribution in [0.15, 0.2) is 24.3 Å². The topological polar surface area (TPSA) is 37.3 Å². The molecule has 0 atom stereocenters. The highest BCUT2D eigenvalue weighted by Crippen LogP contribution is 2.31. The lowest BCUT2D eigenvalue weighted by Gasteiger charge is -2.00. The van der Waals surface area contributed by atoms with E-state index >= 15 is 0 Å². The third-order valence-electron chi connectivity index (χ3n) is 2.63. The van der Waals surface area contributed by atoms with Gasteiger partial charge >= 0.3 is 0 Å². The first-order valence-corrected chi connectivity index (χ1v) is 5.06. The molecule has 1 fully saturated rings. The summed E-state index contributed by atoms with van der Waals surface area (Å²) in [7, 11) is 0. The fourth-order valence-electron chi connectivity index (χ4n) is 1.54. The SMILES string of the molecule is O=C(CCc1ccc(O)cc1)C1CC1. The minimum atomic E-state index is 0.280. The maximum absolute atomic E-state index is 11.4. The van der Waals surface area contributed by atoms with Crippen LogP contribution in [0.2, 0.25) is 0 Å². The first-order valence-electron chi connectivity index (χ1n) is 5.06. The van der Waals surface area contributed by atoms with Crippen molar-refractivity contribution < 1.29 is 9.90 Å². The standard InChI is InChI=1S/C12H14O2/c13-11-6-1-9(2-7-11)3-8-12(14)10-4-5-10/h1-2,6-7,10,13H,3-5,8H2. The second-order valence-corrected chi connectivity index (χ2v) is 3.91. The summed E-state index contributed by atoms with van der Waals surface area (Å²) in [5.41, 5.74) is 1.12. The van der Waals surface area contributed by atoms with E-state index in [1.165, 1.54) is 0 Å². The van der Waals surface area contributed by atoms with Gasteiger partial charge in [-0.2, -0.15) is 0 Å². The van der Waals surface area contributed by atoms with E-state index < -0.39 is 0 Å². The first kappa shape index (κ1) is 9.25. The molecule has 14 heavy (non-hydrogen) atoms. The normalized spacial score (nSPS) is 15.4. The molecule has 1 saturated carbocycles. The van der Waals surface area contributed by atoms with Crippen molar-refractivity contribution in [2.75, 3.05) is 0 Å². The van der Waals surface area contributed by atoms with Gasteiger partial charge in [-0.15, -0.1) is 0 Å². The quantitative estimate of drug-likeness (QED) is 0.791. The Labute approximate surface area is 83.6 Å². The largest absolute Gasteiger partial charge is 0.508 e. The number of carbonyl (C=O) groups excluding carboxylic acids is 1. The van der Waals surface area contributed by atoms with Gasteiger partial charge in [0.1, 0.15) is 11.5 Å². The van der Waals surface area contributed by atoms with Crippen molar-refractivity contribution in [1.29, 1.82) is 0 Å². The molecule has 0 saturated heterocycles. The summed E-state index contributed by atoms with van der Waals surface area (Å²) in [5, 5.41) is 9.07. The van der Waals surface area contributed by atoms with Crippen LogP contribution in [-0.4, -0.2) is 10.9 Å². The zero-order chi connectivity index (χ0) is 9.97. The highest BCUT2D eigenvalue weighted by Gasteiger charge is 2.28. The summed E-state index contributed by atoms with van der Waals surface area (Å²) in [6, 6.07) is 7.07. The van der Waals surface area contributed by atoms with Crippen molar-refractivity contribution in [3.8, 4) is 5.75 Å². The summed E-state index contributed by atoms with van der Waals surface area (Å²) in [5.74, 6) is 1.05. The maximum atomic E-state index is 11.4. The van der Waals surface area contributed by atoms with Crippen molar-refractivity contribution in [2.45, 2.75) is 25.7 Å². The highest BCUT2D eigenvalue weighted by atomic mass is 16.3. The molecule has 0 heterocycles. The Kier molecular flexibility index (Phi) is 2.53. The van der Waals surface area contributed by atoms with Gasteiger partial charge in [0.05, 0.1) is 0 Å². The van der Waals surface area contributed by atoms with Crippen LogP contribution in [0, 0.1) is 5.92 Å². The number of ketones is 1. The number of benzene rings is 1. The average molecular weight is 190 g/mol. The molecule has 0 spiro atoms. The number of carbonyl (C=O) groups is 1. The molecule has 0 amide bonds. The summed E-state index contributed by atoms with van der Waals surface area (Å²) in [6.45, 7) is 0. The van der Waals surface area contributed by atoms with Gasteiger partial charge in [0.15, 0.2) is 0 Å². The Morgan fingerprint density at radius 3 is 2.50 bits per heavy atom. The van der Waals surface area contributed by atoms with Crippen LogP contribution in [0.25, 0.3) is 0 Å². The molecule has 1 aliphatic rings. The monoisotopic (exact) mass is 190 g/mol. The number of rotatable bonds is 4. The van der Waals surface area contributed by atoms with Crippen molar-refractivity contribution in [2.24, 2.45) is 5.92 Å². The van der Waals surface area contributed by atoms with Crippen LogP contribution in [0.1, 0.15) is 24.8 Å². The predicted octanol–water partition coefficient (Wildman–Crippen LogP) is 2.30. The lowest BCUT2D eigenvalue weighted by atomic mass is 10.1. The van der Waals surface area contributed by atoms with Gasteiger partial charge in [-0.1, -0.05) is 12.1 Å². The van der Waals surface area contributed by atoms with Gasteiger partial charge in [-0.25, -0.2) is 0 Å². The number of phenols is 1. The molecule has 0 radical (unpaired) electrons. The molecule has 0 aliphatic heterocycles. The van der Waals surface area contributed by atoms with Gasteiger partial charge in [0, 0.05) is 12.3 Å². The third kappa shape index (κ3) is 2.34. The fourth-order valence-corrected chi connectivity index (χ4v) is 1.54. The Morgan fingerprint density at radius 1 is 1.29 bits per heavy atom. The molecule has 1 aromatic carbocycles. The molecule has 1 aromatic rings. The van der Waals surface area contributed by atoms with E-state index in [-0.39, 0.29) is 5.75 Å². The van der Waals surface area contributed by atoms with E-state index in [0.717, 1.165) is 24.8 Å². The van der Waals surface area contributed by atoms with E-state index in [1.54, 1.807) is 12.1 Å². The molecule has 74 valence electrons. The van der Waals surface area contributed by atoms with Gasteiger partial charge < -0.3 is 5.11 Å². The van der Waals surface area contributed by atoms with E-state index in [0.29, 0.717) is 18.1 Å². The Morgan fingerprint density at radius 2 is 1.93 bits per heavy atom. The third-order valence-corrected chi connectivity index (χ3v) is 2.63. The number of hydrogen-bond donors (Lipinski definition) is 1. The Hall–Kier alpha value is -1.31. The lowest BCUT2D eigenvalue weighted by molar-refractivity contribution is -0.120. The van der Waals surface area contributed by atoms with E-state index in [1.807, 2.05) is 12.1 Å². The molecule has 0 bridgehead atoms. The minimum Gasteiger partial charge on any atom is -0.508 e. The molecule has 2 heteroatoms. The maximum Gasteiger partial charge on any atom is 0.136 e. The van der Waals surface area contributed by atoms with E-state index in [9.17, 15) is 4.79 Å². The van der Waals surface area contributed by atoms with Gasteiger partial charge in [-0.3, -0.25) is 4.79 Å². The second-order valence-electron chi connectivity index (χ2n) is 3.91. The molecule has 1 N–H and O–H groups in total. The molecule has 2 nitrogen and oxygen atoms in total. The smallest absolute Gasteiger partial charge is 0.136 e. The molecular formula is C12H14O2. The van der Waals surface area contributed by atoms with Gasteiger partial charge in [0.25, 0.3) is 0 Å². The van der Waals surface area contributed by atoms with Crippen LogP contribution >= 0.6 is 0 Å². The van der Waals surface area contributed by atoms with E-state index in [2.05, 4.69) is 0 Å². The molecule has 1 aliphatic carbocycles. The number of aromatic hydroxyl groups is 1. The fraction of sp³-hybridized carbons (Fsp3) is 0.417. The van der Waals surface area contributed by atoms with Crippen molar-refractivity contribution in [3.05, 3.63) is 29.8 Å².